The summed E-state index contributed by atoms with van der Waals surface area (Å²) >= 11 is 0. The van der Waals surface area contributed by atoms with Gasteiger partial charge in [-0.2, -0.15) is 0 Å². The number of methoxy groups -OCH3 is 2. The number of anilines is 2. The summed E-state index contributed by atoms with van der Waals surface area (Å²) in [6.45, 7) is 4.32. The summed E-state index contributed by atoms with van der Waals surface area (Å²) in [5.41, 5.74) is 2.73. The van der Waals surface area contributed by atoms with E-state index in [0.29, 0.717) is 31.0 Å². The smallest absolute Gasteiger partial charge is 0.227 e. The van der Waals surface area contributed by atoms with Gasteiger partial charge < -0.3 is 24.6 Å². The molecule has 0 saturated carbocycles. The molecule has 0 aromatic heterocycles. The maximum absolute atomic E-state index is 12.7. The Labute approximate surface area is 171 Å². The minimum Gasteiger partial charge on any atom is -0.493 e. The third kappa shape index (κ3) is 5.19. The Morgan fingerprint density at radius 2 is 1.69 bits per heavy atom. The predicted molar refractivity (Wildman–Crippen MR) is 113 cm³/mol. The summed E-state index contributed by atoms with van der Waals surface area (Å²) in [6.07, 6.45) is 0.332. The van der Waals surface area contributed by atoms with Crippen molar-refractivity contribution in [2.45, 2.75) is 13.3 Å². The van der Waals surface area contributed by atoms with Crippen molar-refractivity contribution >= 4 is 23.2 Å². The highest BCUT2D eigenvalue weighted by Crippen LogP contribution is 2.28. The number of carbonyl (C=O) groups is 2. The normalized spacial score (nSPS) is 13.8. The Kier molecular flexibility index (Phi) is 6.59. The van der Waals surface area contributed by atoms with Gasteiger partial charge in [0.25, 0.3) is 0 Å². The summed E-state index contributed by atoms with van der Waals surface area (Å²) < 4.78 is 10.6. The van der Waals surface area contributed by atoms with Crippen molar-refractivity contribution in [2.75, 3.05) is 50.6 Å². The number of ether oxygens (including phenoxy) is 2. The number of carbonyl (C=O) groups excluding carboxylic acids is 2. The van der Waals surface area contributed by atoms with Crippen LogP contribution in [0.3, 0.4) is 0 Å². The second-order valence-electron chi connectivity index (χ2n) is 6.97. The summed E-state index contributed by atoms with van der Waals surface area (Å²) in [5.74, 6) is 1.29. The van der Waals surface area contributed by atoms with E-state index in [1.165, 1.54) is 6.92 Å². The maximum Gasteiger partial charge on any atom is 0.227 e. The van der Waals surface area contributed by atoms with E-state index in [1.54, 1.807) is 14.2 Å². The van der Waals surface area contributed by atoms with E-state index in [-0.39, 0.29) is 11.8 Å². The Balaban J connectivity index is 1.58. The monoisotopic (exact) mass is 397 g/mol. The first-order valence-corrected chi connectivity index (χ1v) is 9.61. The molecule has 3 rings (SSSR count). The molecule has 1 saturated heterocycles. The van der Waals surface area contributed by atoms with E-state index in [4.69, 9.17) is 9.47 Å². The van der Waals surface area contributed by atoms with Crippen molar-refractivity contribution in [1.82, 2.24) is 4.90 Å². The van der Waals surface area contributed by atoms with E-state index in [0.717, 1.165) is 30.0 Å². The zero-order chi connectivity index (χ0) is 20.8. The molecule has 0 bridgehead atoms. The van der Waals surface area contributed by atoms with Gasteiger partial charge in [0, 0.05) is 44.5 Å². The number of nitrogens with one attached hydrogen (secondary N) is 1. The summed E-state index contributed by atoms with van der Waals surface area (Å²) in [7, 11) is 3.18. The lowest BCUT2D eigenvalue weighted by Crippen LogP contribution is -2.49. The number of nitrogens with zero attached hydrogens (tertiary/aromatic N) is 2. The van der Waals surface area contributed by atoms with Crippen molar-refractivity contribution in [3.8, 4) is 11.5 Å². The summed E-state index contributed by atoms with van der Waals surface area (Å²) in [6, 6.07) is 13.3. The number of rotatable bonds is 6. The molecule has 0 spiro atoms. The van der Waals surface area contributed by atoms with Gasteiger partial charge in [0.1, 0.15) is 0 Å². The zero-order valence-electron chi connectivity index (χ0n) is 17.1. The molecule has 7 heteroatoms. The molecular weight excluding hydrogens is 370 g/mol. The van der Waals surface area contributed by atoms with Gasteiger partial charge in [-0.15, -0.1) is 0 Å². The lowest BCUT2D eigenvalue weighted by atomic mass is 10.1. The van der Waals surface area contributed by atoms with Crippen molar-refractivity contribution < 1.29 is 19.1 Å². The predicted octanol–water partition coefficient (Wildman–Crippen LogP) is 2.55. The van der Waals surface area contributed by atoms with Crippen LogP contribution in [0.15, 0.2) is 42.5 Å². The van der Waals surface area contributed by atoms with Crippen LogP contribution >= 0.6 is 0 Å². The van der Waals surface area contributed by atoms with Crippen LogP contribution in [0.4, 0.5) is 11.4 Å². The standard InChI is InChI=1S/C22H27N3O4/c1-16(26)23-18-5-4-6-19(15-18)24-9-11-25(12-10-24)22(27)14-17-7-8-20(28-2)21(13-17)29-3/h4-8,13,15H,9-12,14H2,1-3H3,(H,23,26). The lowest BCUT2D eigenvalue weighted by Gasteiger charge is -2.36. The molecule has 1 aliphatic heterocycles. The van der Waals surface area contributed by atoms with Crippen molar-refractivity contribution in [3.05, 3.63) is 48.0 Å². The van der Waals surface area contributed by atoms with Gasteiger partial charge >= 0.3 is 0 Å². The largest absolute Gasteiger partial charge is 0.493 e. The van der Waals surface area contributed by atoms with Gasteiger partial charge in [0.05, 0.1) is 20.6 Å². The third-order valence-corrected chi connectivity index (χ3v) is 4.97. The minimum absolute atomic E-state index is 0.0901. The van der Waals surface area contributed by atoms with Gasteiger partial charge in [-0.25, -0.2) is 0 Å². The van der Waals surface area contributed by atoms with Crippen molar-refractivity contribution in [2.24, 2.45) is 0 Å². The number of amides is 2. The Bertz CT molecular complexity index is 876. The molecule has 2 amide bonds. The van der Waals surface area contributed by atoms with Gasteiger partial charge in [-0.1, -0.05) is 12.1 Å². The molecule has 0 aliphatic carbocycles. The fraction of sp³-hybridized carbons (Fsp3) is 0.364. The second kappa shape index (κ2) is 9.32. The molecule has 0 atom stereocenters. The van der Waals surface area contributed by atoms with Crippen molar-refractivity contribution in [3.63, 3.8) is 0 Å². The molecule has 154 valence electrons. The first-order chi connectivity index (χ1) is 14.0. The van der Waals surface area contributed by atoms with Crippen LogP contribution in [-0.4, -0.2) is 57.1 Å². The SMILES string of the molecule is COc1ccc(CC(=O)N2CCN(c3cccc(NC(C)=O)c3)CC2)cc1OC. The molecule has 0 unspecified atom stereocenters. The fourth-order valence-corrected chi connectivity index (χ4v) is 3.47. The summed E-state index contributed by atoms with van der Waals surface area (Å²) in [4.78, 5) is 28.1. The molecule has 1 heterocycles. The van der Waals surface area contributed by atoms with Crippen LogP contribution in [0, 0.1) is 0 Å². The van der Waals surface area contributed by atoms with Gasteiger partial charge in [-0.05, 0) is 35.9 Å². The van der Waals surface area contributed by atoms with Crippen LogP contribution < -0.4 is 19.7 Å². The molecule has 0 radical (unpaired) electrons. The Hall–Kier alpha value is -3.22. The van der Waals surface area contributed by atoms with E-state index >= 15 is 0 Å². The molecule has 2 aromatic carbocycles. The first-order valence-electron chi connectivity index (χ1n) is 9.61. The van der Waals surface area contributed by atoms with Crippen LogP contribution in [0.25, 0.3) is 0 Å². The Morgan fingerprint density at radius 1 is 0.966 bits per heavy atom. The number of benzene rings is 2. The fourth-order valence-electron chi connectivity index (χ4n) is 3.47. The molecule has 1 fully saturated rings. The number of hydrogen-bond donors (Lipinski definition) is 1. The highest BCUT2D eigenvalue weighted by atomic mass is 16.5. The zero-order valence-corrected chi connectivity index (χ0v) is 17.1. The minimum atomic E-state index is -0.0901. The van der Waals surface area contributed by atoms with E-state index < -0.39 is 0 Å². The maximum atomic E-state index is 12.7. The average Bonchev–Trinajstić information content (AvgIpc) is 2.73. The van der Waals surface area contributed by atoms with Gasteiger partial charge in [0.15, 0.2) is 11.5 Å². The van der Waals surface area contributed by atoms with Crippen LogP contribution in [-0.2, 0) is 16.0 Å². The molecule has 2 aromatic rings. The molecule has 1 N–H and O–H groups in total. The van der Waals surface area contributed by atoms with E-state index in [9.17, 15) is 9.59 Å². The van der Waals surface area contributed by atoms with Crippen LogP contribution in [0.5, 0.6) is 11.5 Å². The summed E-state index contributed by atoms with van der Waals surface area (Å²) in [5, 5.41) is 2.81. The number of piperazine rings is 1. The third-order valence-electron chi connectivity index (χ3n) is 4.97. The number of hydrogen-bond acceptors (Lipinski definition) is 5. The molecule has 7 nitrogen and oxygen atoms in total. The quantitative estimate of drug-likeness (QED) is 0.811. The topological polar surface area (TPSA) is 71.1 Å². The van der Waals surface area contributed by atoms with E-state index in [2.05, 4.69) is 10.2 Å². The van der Waals surface area contributed by atoms with E-state index in [1.807, 2.05) is 47.4 Å². The lowest BCUT2D eigenvalue weighted by molar-refractivity contribution is -0.130. The molecular formula is C22H27N3O4. The molecule has 29 heavy (non-hydrogen) atoms. The highest BCUT2D eigenvalue weighted by Gasteiger charge is 2.22. The molecule has 1 aliphatic rings. The highest BCUT2D eigenvalue weighted by molar-refractivity contribution is 5.89. The van der Waals surface area contributed by atoms with Crippen LogP contribution in [0.2, 0.25) is 0 Å². The average molecular weight is 397 g/mol. The van der Waals surface area contributed by atoms with Gasteiger partial charge in [0.2, 0.25) is 11.8 Å². The Morgan fingerprint density at radius 3 is 2.34 bits per heavy atom. The second-order valence-corrected chi connectivity index (χ2v) is 6.97. The van der Waals surface area contributed by atoms with Gasteiger partial charge in [-0.3, -0.25) is 9.59 Å². The first kappa shape index (κ1) is 20.5. The van der Waals surface area contributed by atoms with Crippen LogP contribution in [0.1, 0.15) is 12.5 Å². The van der Waals surface area contributed by atoms with Crippen molar-refractivity contribution in [1.29, 1.82) is 0 Å².